The van der Waals surface area contributed by atoms with E-state index in [2.05, 4.69) is 10.7 Å². The summed E-state index contributed by atoms with van der Waals surface area (Å²) in [5.41, 5.74) is 7.25. The van der Waals surface area contributed by atoms with Gasteiger partial charge in [0, 0.05) is 6.42 Å². The van der Waals surface area contributed by atoms with E-state index in [0.29, 0.717) is 0 Å². The summed E-state index contributed by atoms with van der Waals surface area (Å²) in [4.78, 5) is 45.2. The van der Waals surface area contributed by atoms with Crippen LogP contribution in [0, 0.1) is 5.92 Å². The zero-order valence-electron chi connectivity index (χ0n) is 12.5. The predicted octanol–water partition coefficient (Wildman–Crippen LogP) is -0.357. The molecule has 5 N–H and O–H groups in total. The number of hydrogen-bond donors (Lipinski definition) is 4. The molecule has 0 fully saturated rings. The molecule has 0 aromatic heterocycles. The summed E-state index contributed by atoms with van der Waals surface area (Å²) >= 11 is 5.43. The Labute approximate surface area is 133 Å². The largest absolute Gasteiger partial charge is 0.465 e. The summed E-state index contributed by atoms with van der Waals surface area (Å²) in [5.74, 6) is -2.34. The topological polar surface area (TPSA) is 142 Å². The molecule has 1 atom stereocenters. The number of primary amides is 1. The smallest absolute Gasteiger partial charge is 0.405 e. The van der Waals surface area contributed by atoms with Gasteiger partial charge in [-0.1, -0.05) is 13.8 Å². The first kappa shape index (κ1) is 20.0. The second-order valence-corrected chi connectivity index (χ2v) is 5.27. The number of alkyl halides is 1. The van der Waals surface area contributed by atoms with Gasteiger partial charge < -0.3 is 16.2 Å². The van der Waals surface area contributed by atoms with Crippen LogP contribution in [0.3, 0.4) is 0 Å². The molecule has 4 amide bonds. The predicted molar refractivity (Wildman–Crippen MR) is 78.8 cm³/mol. The van der Waals surface area contributed by atoms with E-state index >= 15 is 0 Å². The minimum Gasteiger partial charge on any atom is -0.465 e. The number of hydrogen-bond acceptors (Lipinski definition) is 4. The number of amides is 4. The molecule has 0 aromatic rings. The van der Waals surface area contributed by atoms with Crippen LogP contribution in [-0.2, 0) is 14.4 Å². The van der Waals surface area contributed by atoms with Crippen LogP contribution in [0.4, 0.5) is 4.79 Å². The van der Waals surface area contributed by atoms with Gasteiger partial charge in [-0.25, -0.2) is 4.79 Å². The van der Waals surface area contributed by atoms with Gasteiger partial charge in [-0.3, -0.25) is 24.8 Å². The van der Waals surface area contributed by atoms with Crippen LogP contribution in [0.1, 0.15) is 26.7 Å². The monoisotopic (exact) mass is 336 g/mol. The lowest BCUT2D eigenvalue weighted by Gasteiger charge is -2.25. The standard InChI is InChI=1S/C12H21ClN4O5/c1-7(2)5-8(15-12(21)22)11(20)16-17(10(19)6-13)4-3-9(14)18/h7-8,15H,3-6H2,1-2H3,(H2,14,18)(H,16,20)(H,21,22). The van der Waals surface area contributed by atoms with Crippen LogP contribution in [-0.4, -0.2) is 52.4 Å². The number of carboxylic acid groups (broad SMARTS) is 1. The Kier molecular flexibility index (Phi) is 8.92. The first-order valence-electron chi connectivity index (χ1n) is 6.62. The number of nitrogens with two attached hydrogens (primary N) is 1. The van der Waals surface area contributed by atoms with Gasteiger partial charge in [-0.2, -0.15) is 0 Å². The van der Waals surface area contributed by atoms with E-state index in [4.69, 9.17) is 22.4 Å². The van der Waals surface area contributed by atoms with Crippen molar-refractivity contribution in [3.63, 3.8) is 0 Å². The van der Waals surface area contributed by atoms with Gasteiger partial charge in [0.25, 0.3) is 11.8 Å². The molecule has 0 heterocycles. The van der Waals surface area contributed by atoms with Crippen LogP contribution in [0.25, 0.3) is 0 Å². The summed E-state index contributed by atoms with van der Waals surface area (Å²) in [6.45, 7) is 3.49. The third kappa shape index (κ3) is 8.30. The molecule has 10 heteroatoms. The Bertz CT molecular complexity index is 430. The maximum atomic E-state index is 12.1. The SMILES string of the molecule is CC(C)CC(NC(=O)O)C(=O)NN(CCC(N)=O)C(=O)CCl. The zero-order chi connectivity index (χ0) is 17.3. The lowest BCUT2D eigenvalue weighted by atomic mass is 10.0. The Morgan fingerprint density at radius 2 is 1.86 bits per heavy atom. The molecule has 0 bridgehead atoms. The molecule has 0 radical (unpaired) electrons. The molecule has 0 rings (SSSR count). The fraction of sp³-hybridized carbons (Fsp3) is 0.667. The van der Waals surface area contributed by atoms with Crippen molar-refractivity contribution in [1.82, 2.24) is 15.8 Å². The van der Waals surface area contributed by atoms with Crippen LogP contribution >= 0.6 is 11.6 Å². The Hall–Kier alpha value is -2.03. The van der Waals surface area contributed by atoms with E-state index < -0.39 is 35.7 Å². The first-order valence-corrected chi connectivity index (χ1v) is 7.15. The van der Waals surface area contributed by atoms with Crippen molar-refractivity contribution >= 4 is 35.4 Å². The Balaban J connectivity index is 4.88. The molecule has 126 valence electrons. The van der Waals surface area contributed by atoms with Gasteiger partial charge in [0.1, 0.15) is 11.9 Å². The summed E-state index contributed by atoms with van der Waals surface area (Å²) in [6, 6.07) is -1.03. The van der Waals surface area contributed by atoms with Crippen molar-refractivity contribution in [2.24, 2.45) is 11.7 Å². The average molecular weight is 337 g/mol. The number of hydrazine groups is 1. The Morgan fingerprint density at radius 3 is 2.27 bits per heavy atom. The normalized spacial score (nSPS) is 11.6. The number of halogens is 1. The van der Waals surface area contributed by atoms with Crippen LogP contribution < -0.4 is 16.5 Å². The molecule has 0 aliphatic carbocycles. The number of rotatable bonds is 8. The van der Waals surface area contributed by atoms with E-state index in [9.17, 15) is 19.2 Å². The van der Waals surface area contributed by atoms with Gasteiger partial charge in [0.15, 0.2) is 0 Å². The van der Waals surface area contributed by atoms with Crippen molar-refractivity contribution < 1.29 is 24.3 Å². The minimum atomic E-state index is -1.35. The van der Waals surface area contributed by atoms with Crippen LogP contribution in [0.5, 0.6) is 0 Å². The summed E-state index contributed by atoms with van der Waals surface area (Å²) in [5, 5.41) is 11.7. The van der Waals surface area contributed by atoms with E-state index in [1.54, 1.807) is 0 Å². The summed E-state index contributed by atoms with van der Waals surface area (Å²) in [6.07, 6.45) is -1.27. The van der Waals surface area contributed by atoms with Crippen LogP contribution in [0.15, 0.2) is 0 Å². The molecule has 0 spiro atoms. The highest BCUT2D eigenvalue weighted by Gasteiger charge is 2.25. The third-order valence-electron chi connectivity index (χ3n) is 2.56. The van der Waals surface area contributed by atoms with Gasteiger partial charge in [-0.05, 0) is 12.3 Å². The highest BCUT2D eigenvalue weighted by Crippen LogP contribution is 2.05. The van der Waals surface area contributed by atoms with E-state index in [-0.39, 0.29) is 25.3 Å². The van der Waals surface area contributed by atoms with Crippen molar-refractivity contribution in [1.29, 1.82) is 0 Å². The van der Waals surface area contributed by atoms with E-state index in [1.807, 2.05) is 13.8 Å². The molecular formula is C12H21ClN4O5. The molecule has 9 nitrogen and oxygen atoms in total. The van der Waals surface area contributed by atoms with Gasteiger partial charge in [0.2, 0.25) is 5.91 Å². The fourth-order valence-electron chi connectivity index (χ4n) is 1.60. The molecule has 0 aliphatic rings. The summed E-state index contributed by atoms with van der Waals surface area (Å²) < 4.78 is 0. The Morgan fingerprint density at radius 1 is 1.27 bits per heavy atom. The number of nitrogens with zero attached hydrogens (tertiary/aromatic N) is 1. The fourth-order valence-corrected chi connectivity index (χ4v) is 1.74. The zero-order valence-corrected chi connectivity index (χ0v) is 13.2. The van der Waals surface area contributed by atoms with Gasteiger partial charge >= 0.3 is 6.09 Å². The quantitative estimate of drug-likeness (QED) is 0.354. The van der Waals surface area contributed by atoms with Gasteiger partial charge in [0.05, 0.1) is 6.54 Å². The van der Waals surface area contributed by atoms with Crippen molar-refractivity contribution in [3.05, 3.63) is 0 Å². The number of nitrogens with one attached hydrogen (secondary N) is 2. The summed E-state index contributed by atoms with van der Waals surface area (Å²) in [7, 11) is 0. The second-order valence-electron chi connectivity index (χ2n) is 5.00. The molecule has 1 unspecified atom stereocenters. The van der Waals surface area contributed by atoms with Crippen molar-refractivity contribution in [2.75, 3.05) is 12.4 Å². The lowest BCUT2D eigenvalue weighted by molar-refractivity contribution is -0.141. The average Bonchev–Trinajstić information content (AvgIpc) is 2.40. The maximum absolute atomic E-state index is 12.1. The molecular weight excluding hydrogens is 316 g/mol. The van der Waals surface area contributed by atoms with E-state index in [1.165, 1.54) is 0 Å². The van der Waals surface area contributed by atoms with Crippen LogP contribution in [0.2, 0.25) is 0 Å². The third-order valence-corrected chi connectivity index (χ3v) is 2.79. The number of carbonyl (C=O) groups is 4. The van der Waals surface area contributed by atoms with Crippen molar-refractivity contribution in [2.45, 2.75) is 32.7 Å². The molecule has 0 saturated carbocycles. The van der Waals surface area contributed by atoms with Crippen molar-refractivity contribution in [3.8, 4) is 0 Å². The second kappa shape index (κ2) is 9.82. The highest BCUT2D eigenvalue weighted by molar-refractivity contribution is 6.27. The molecule has 0 aromatic carbocycles. The highest BCUT2D eigenvalue weighted by atomic mass is 35.5. The molecule has 22 heavy (non-hydrogen) atoms. The van der Waals surface area contributed by atoms with Gasteiger partial charge in [-0.15, -0.1) is 11.6 Å². The number of carbonyl (C=O) groups excluding carboxylic acids is 3. The minimum absolute atomic E-state index is 0.0467. The maximum Gasteiger partial charge on any atom is 0.405 e. The van der Waals surface area contributed by atoms with E-state index in [0.717, 1.165) is 5.01 Å². The lowest BCUT2D eigenvalue weighted by Crippen LogP contribution is -2.55. The first-order chi connectivity index (χ1) is 10.2. The molecule has 0 aliphatic heterocycles. The molecule has 0 saturated heterocycles.